The first-order valence-electron chi connectivity index (χ1n) is 35.5. The molecule has 0 aromatic carbocycles. The lowest BCUT2D eigenvalue weighted by molar-refractivity contribution is -0.138. The van der Waals surface area contributed by atoms with Crippen LogP contribution >= 0.6 is 0 Å². The van der Waals surface area contributed by atoms with E-state index in [0.717, 1.165) is 84.2 Å². The first kappa shape index (κ1) is 88.0. The maximum Gasteiger partial charge on any atom is 0.243 e. The molecule has 0 aliphatic heterocycles. The molecule has 0 spiro atoms. The molecule has 0 aromatic heterocycles. The fourth-order valence-corrected chi connectivity index (χ4v) is 10.5. The molecule has 0 saturated carbocycles. The molecule has 0 radical (unpaired) electrons. The van der Waals surface area contributed by atoms with Crippen molar-refractivity contribution >= 4 is 70.5 Å². The van der Waals surface area contributed by atoms with Crippen molar-refractivity contribution in [3.05, 3.63) is 0 Å². The van der Waals surface area contributed by atoms with Crippen LogP contribution in [0.1, 0.15) is 197 Å². The van der Waals surface area contributed by atoms with Crippen LogP contribution in [-0.2, 0) is 57.5 Å². The highest BCUT2D eigenvalue weighted by molar-refractivity contribution is 5.99. The van der Waals surface area contributed by atoms with Gasteiger partial charge in [0.05, 0.1) is 18.3 Å². The number of Topliss-reactive ketones (excluding diaryl/α,β-unsaturated/α-hetero) is 3. The molecule has 6 atom stereocenters. The Balaban J connectivity index is 7.37. The molecule has 6 unspecified atom stereocenters. The van der Waals surface area contributed by atoms with E-state index < -0.39 is 145 Å². The van der Waals surface area contributed by atoms with Gasteiger partial charge in [0.1, 0.15) is 29.4 Å². The fraction of sp³-hybridized carbons (Fsp3) is 0.821. The van der Waals surface area contributed by atoms with E-state index in [4.69, 9.17) is 11.5 Å². The van der Waals surface area contributed by atoms with Gasteiger partial charge in [-0.1, -0.05) is 100 Å². The molecule has 0 rings (SSSR count). The number of unbranched alkanes of at least 4 members (excludes halogenated alkanes) is 7. The Hall–Kier alpha value is -6.00. The van der Waals surface area contributed by atoms with Gasteiger partial charge in [0.15, 0.2) is 0 Å². The molecule has 0 heterocycles. The third kappa shape index (κ3) is 43.9. The molecule has 27 heteroatoms. The monoisotopic (exact) mass is 1330 g/mol. The van der Waals surface area contributed by atoms with Crippen molar-refractivity contribution in [3.63, 3.8) is 0 Å². The zero-order valence-electron chi connectivity index (χ0n) is 58.9. The summed E-state index contributed by atoms with van der Waals surface area (Å²) < 4.78 is 0. The summed E-state index contributed by atoms with van der Waals surface area (Å²) in [5.41, 5.74) is 11.2. The Bertz CT molecular complexity index is 2190. The predicted molar refractivity (Wildman–Crippen MR) is 368 cm³/mol. The maximum atomic E-state index is 14.7. The van der Waals surface area contributed by atoms with E-state index in [1.54, 1.807) is 6.92 Å². The Morgan fingerprint density at radius 2 is 0.691 bits per heavy atom. The third-order valence-corrected chi connectivity index (χ3v) is 16.4. The number of ketones is 3. The number of nitrogens with zero attached hydrogens (tertiary/aromatic N) is 2. The molecule has 9 amide bonds. The first-order valence-corrected chi connectivity index (χ1v) is 35.5. The van der Waals surface area contributed by atoms with Crippen molar-refractivity contribution in [3.8, 4) is 0 Å². The van der Waals surface area contributed by atoms with Crippen molar-refractivity contribution in [1.82, 2.24) is 68.3 Å². The summed E-state index contributed by atoms with van der Waals surface area (Å²) in [6.45, 7) is 25.0. The Morgan fingerprint density at radius 3 is 1.20 bits per heavy atom. The largest absolute Gasteiger partial charge is 0.356 e. The quantitative estimate of drug-likeness (QED) is 0.0383. The van der Waals surface area contributed by atoms with Crippen LogP contribution < -0.4 is 70.0 Å². The van der Waals surface area contributed by atoms with E-state index in [0.29, 0.717) is 90.9 Å². The van der Waals surface area contributed by atoms with E-state index in [1.807, 2.05) is 34.6 Å². The second kappa shape index (κ2) is 57.3. The maximum absolute atomic E-state index is 14.7. The Kier molecular flexibility index (Phi) is 53.6. The second-order valence-corrected chi connectivity index (χ2v) is 24.3. The highest BCUT2D eigenvalue weighted by atomic mass is 16.2. The molecule has 27 nitrogen and oxygen atoms in total. The smallest absolute Gasteiger partial charge is 0.243 e. The average Bonchev–Trinajstić information content (AvgIpc) is 1.97. The van der Waals surface area contributed by atoms with E-state index >= 15 is 0 Å². The van der Waals surface area contributed by atoms with Crippen molar-refractivity contribution < 1.29 is 57.5 Å². The van der Waals surface area contributed by atoms with E-state index in [-0.39, 0.29) is 51.5 Å². The third-order valence-electron chi connectivity index (χ3n) is 16.4. The van der Waals surface area contributed by atoms with Crippen LogP contribution in [0.5, 0.6) is 0 Å². The van der Waals surface area contributed by atoms with Crippen LogP contribution in [0.15, 0.2) is 0 Å². The van der Waals surface area contributed by atoms with Gasteiger partial charge in [0, 0.05) is 148 Å². The lowest BCUT2D eigenvalue weighted by Gasteiger charge is -2.25. The normalized spacial score (nSPS) is 13.1. The average molecular weight is 1330 g/mol. The van der Waals surface area contributed by atoms with Gasteiger partial charge < -0.3 is 79.8 Å². The van der Waals surface area contributed by atoms with Crippen LogP contribution in [-0.4, -0.2) is 217 Å². The van der Waals surface area contributed by atoms with Gasteiger partial charge in [0.25, 0.3) is 0 Å². The van der Waals surface area contributed by atoms with E-state index in [9.17, 15) is 57.5 Å². The van der Waals surface area contributed by atoms with Crippen molar-refractivity contribution in [2.75, 3.05) is 124 Å². The summed E-state index contributed by atoms with van der Waals surface area (Å²) >= 11 is 0. The molecule has 0 aliphatic rings. The SMILES string of the molecule is CCCCCCNC(=O)CC(NC(=O)CC(CC(=O)C(CC(=O)CC(CC)C(=O)NCCCN(CC)CC)CC(=O)NCCCN(CC)CC)C(=O)NCCCCCC)C(=O)NC(CC(=O)CC(CC(=O)NCCNCCN)C(=O)NCCCC)C(=O)NCCNCCN. The predicted octanol–water partition coefficient (Wildman–Crippen LogP) is 1.38. The van der Waals surface area contributed by atoms with Gasteiger partial charge >= 0.3 is 0 Å². The summed E-state index contributed by atoms with van der Waals surface area (Å²) in [6, 6.07) is -3.33. The van der Waals surface area contributed by atoms with Crippen molar-refractivity contribution in [2.24, 2.45) is 35.1 Å². The minimum atomic E-state index is -1.71. The van der Waals surface area contributed by atoms with Crippen molar-refractivity contribution in [2.45, 2.75) is 209 Å². The number of amides is 9. The van der Waals surface area contributed by atoms with Crippen LogP contribution in [0.4, 0.5) is 0 Å². The number of hydrogen-bond acceptors (Lipinski definition) is 18. The Morgan fingerprint density at radius 1 is 0.309 bits per heavy atom. The van der Waals surface area contributed by atoms with Crippen molar-refractivity contribution in [1.29, 1.82) is 0 Å². The van der Waals surface area contributed by atoms with E-state index in [1.165, 1.54) is 0 Å². The molecule has 94 heavy (non-hydrogen) atoms. The lowest BCUT2D eigenvalue weighted by atomic mass is 9.84. The first-order chi connectivity index (χ1) is 45.2. The number of hydrogen-bond donors (Lipinski definition) is 13. The summed E-state index contributed by atoms with van der Waals surface area (Å²) in [7, 11) is 0. The minimum absolute atomic E-state index is 0.0359. The van der Waals surface area contributed by atoms with Crippen LogP contribution in [0.3, 0.4) is 0 Å². The molecule has 0 fully saturated rings. The fourth-order valence-electron chi connectivity index (χ4n) is 10.5. The highest BCUT2D eigenvalue weighted by Gasteiger charge is 2.36. The molecule has 0 aromatic rings. The zero-order chi connectivity index (χ0) is 70.3. The molecule has 542 valence electrons. The number of carbonyl (C=O) groups is 12. The number of carbonyl (C=O) groups excluding carboxylic acids is 12. The van der Waals surface area contributed by atoms with Gasteiger partial charge in [-0.2, -0.15) is 0 Å². The van der Waals surface area contributed by atoms with Crippen LogP contribution in [0, 0.1) is 23.7 Å². The summed E-state index contributed by atoms with van der Waals surface area (Å²) in [6.07, 6.45) is 5.10. The van der Waals surface area contributed by atoms with Crippen LogP contribution in [0.25, 0.3) is 0 Å². The summed E-state index contributed by atoms with van der Waals surface area (Å²) in [5.74, 6) is -12.2. The molecule has 0 bridgehead atoms. The molecular weight excluding hydrogens is 1210 g/mol. The summed E-state index contributed by atoms with van der Waals surface area (Å²) in [4.78, 5) is 172. The number of rotatable bonds is 62. The van der Waals surface area contributed by atoms with E-state index in [2.05, 4.69) is 82.1 Å². The molecular formula is C67H127N15O12. The minimum Gasteiger partial charge on any atom is -0.356 e. The molecule has 0 saturated heterocycles. The molecule has 0 aliphatic carbocycles. The van der Waals surface area contributed by atoms with Gasteiger partial charge in [-0.3, -0.25) is 57.5 Å². The number of nitrogens with one attached hydrogen (secondary N) is 11. The number of nitrogens with two attached hydrogens (primary N) is 2. The van der Waals surface area contributed by atoms with Crippen LogP contribution in [0.2, 0.25) is 0 Å². The van der Waals surface area contributed by atoms with Gasteiger partial charge in [0.2, 0.25) is 53.2 Å². The van der Waals surface area contributed by atoms with Gasteiger partial charge in [-0.25, -0.2) is 0 Å². The Labute approximate surface area is 562 Å². The zero-order valence-corrected chi connectivity index (χ0v) is 58.9. The summed E-state index contributed by atoms with van der Waals surface area (Å²) in [5, 5.41) is 30.9. The topological polar surface area (TPSA) is 396 Å². The lowest BCUT2D eigenvalue weighted by Crippen LogP contribution is -2.56. The van der Waals surface area contributed by atoms with Gasteiger partial charge in [-0.05, 0) is 77.8 Å². The standard InChI is InChI=1S/C67H127N15O12/c1-9-17-20-22-29-72-61(88)49-57(67(94)80-56(66(93)78-38-36-71-34-27-69)48-55(84)43-52(64(91)75-28-19-11-3)46-60(87)74-37-35-70-33-26-68)79-62(89)47-53(65(92)76-30-23-21-18-10-2)44-58(85)51(45-59(86)73-31-24-39-81(13-5)14-6)42-54(83)41-50(12-4)63(90)77-32-25-40-82(15-7)16-8/h50-53,56-57,70-71H,9-49,68-69H2,1-8H3,(H,72,88)(H,73,86)(H,74,87)(H,75,91)(H,76,92)(H,77,90)(H,78,93)(H,79,89)(H,80,94). The second-order valence-electron chi connectivity index (χ2n) is 24.3. The highest BCUT2D eigenvalue weighted by Crippen LogP contribution is 2.23. The van der Waals surface area contributed by atoms with Gasteiger partial charge in [-0.15, -0.1) is 0 Å². The molecule has 15 N–H and O–H groups in total.